The summed E-state index contributed by atoms with van der Waals surface area (Å²) in [6.07, 6.45) is 3.62. The molecule has 1 aromatic carbocycles. The zero-order chi connectivity index (χ0) is 20.8. The topological polar surface area (TPSA) is 65.1 Å². The van der Waals surface area contributed by atoms with Crippen molar-refractivity contribution in [1.29, 1.82) is 0 Å². The van der Waals surface area contributed by atoms with Gasteiger partial charge in [0.15, 0.2) is 0 Å². The van der Waals surface area contributed by atoms with Gasteiger partial charge in [-0.05, 0) is 37.0 Å². The van der Waals surface area contributed by atoms with E-state index in [1.807, 2.05) is 4.90 Å². The van der Waals surface area contributed by atoms with Gasteiger partial charge in [0.05, 0.1) is 19.1 Å². The number of likely N-dealkylation sites (tertiary alicyclic amines) is 1. The number of amides is 2. The predicted molar refractivity (Wildman–Crippen MR) is 116 cm³/mol. The molecule has 0 bridgehead atoms. The van der Waals surface area contributed by atoms with Crippen molar-refractivity contribution in [3.05, 3.63) is 29.8 Å². The molecule has 3 aliphatic rings. The van der Waals surface area contributed by atoms with Crippen LogP contribution in [0.2, 0.25) is 0 Å². The largest absolute Gasteiger partial charge is 0.379 e. The van der Waals surface area contributed by atoms with E-state index in [4.69, 9.17) is 4.74 Å². The Labute approximate surface area is 179 Å². The normalized spacial score (nSPS) is 23.1. The van der Waals surface area contributed by atoms with Gasteiger partial charge in [-0.3, -0.25) is 14.5 Å². The second-order valence-corrected chi connectivity index (χ2v) is 8.61. The van der Waals surface area contributed by atoms with Crippen LogP contribution in [0.1, 0.15) is 31.2 Å². The standard InChI is InChI=1S/C23H34N4O3/c28-22-7-6-20(18-27(22)11-10-25-12-14-30-15-13-25)23(29)24-17-19-4-3-5-21(16-19)26-8-1-2-9-26/h3-5,16,20H,1-2,6-15,17-18H2,(H,24,29). The van der Waals surface area contributed by atoms with Crippen molar-refractivity contribution in [3.63, 3.8) is 0 Å². The molecule has 3 fully saturated rings. The first-order valence-electron chi connectivity index (χ1n) is 11.4. The number of anilines is 1. The quantitative estimate of drug-likeness (QED) is 0.732. The third-order valence-corrected chi connectivity index (χ3v) is 6.51. The molecule has 1 N–H and O–H groups in total. The molecule has 1 unspecified atom stereocenters. The van der Waals surface area contributed by atoms with Crippen LogP contribution in [-0.2, 0) is 20.9 Å². The van der Waals surface area contributed by atoms with Crippen LogP contribution in [0.4, 0.5) is 5.69 Å². The highest BCUT2D eigenvalue weighted by molar-refractivity contribution is 5.83. The fourth-order valence-corrected chi connectivity index (χ4v) is 4.60. The summed E-state index contributed by atoms with van der Waals surface area (Å²) in [5.74, 6) is 0.116. The molecule has 0 aromatic heterocycles. The zero-order valence-corrected chi connectivity index (χ0v) is 17.9. The van der Waals surface area contributed by atoms with Gasteiger partial charge in [0.2, 0.25) is 11.8 Å². The SMILES string of the molecule is O=C(NCc1cccc(N2CCCC2)c1)C1CCC(=O)N(CCN2CCOCC2)C1. The maximum atomic E-state index is 12.8. The molecule has 1 atom stereocenters. The third-order valence-electron chi connectivity index (χ3n) is 6.51. The first kappa shape index (κ1) is 21.1. The molecule has 164 valence electrons. The van der Waals surface area contributed by atoms with Gasteiger partial charge in [0.25, 0.3) is 0 Å². The molecule has 3 aliphatic heterocycles. The van der Waals surface area contributed by atoms with Crippen LogP contribution in [0, 0.1) is 5.92 Å². The van der Waals surface area contributed by atoms with Crippen molar-refractivity contribution < 1.29 is 14.3 Å². The van der Waals surface area contributed by atoms with Crippen molar-refractivity contribution in [1.82, 2.24) is 15.1 Å². The van der Waals surface area contributed by atoms with Crippen LogP contribution in [0.15, 0.2) is 24.3 Å². The minimum atomic E-state index is -0.117. The van der Waals surface area contributed by atoms with E-state index in [0.717, 1.165) is 51.5 Å². The number of nitrogens with zero attached hydrogens (tertiary/aromatic N) is 3. The summed E-state index contributed by atoms with van der Waals surface area (Å²) in [4.78, 5) is 31.7. The number of hydrogen-bond donors (Lipinski definition) is 1. The summed E-state index contributed by atoms with van der Waals surface area (Å²) in [5, 5.41) is 3.10. The second kappa shape index (κ2) is 10.3. The Morgan fingerprint density at radius 2 is 1.90 bits per heavy atom. The van der Waals surface area contributed by atoms with Crippen LogP contribution in [0.3, 0.4) is 0 Å². The number of nitrogens with one attached hydrogen (secondary N) is 1. The molecular formula is C23H34N4O3. The zero-order valence-electron chi connectivity index (χ0n) is 17.9. The van der Waals surface area contributed by atoms with Crippen LogP contribution in [0.25, 0.3) is 0 Å². The van der Waals surface area contributed by atoms with Crippen LogP contribution in [-0.4, -0.2) is 80.6 Å². The number of carbonyl (C=O) groups excluding carboxylic acids is 2. The van der Waals surface area contributed by atoms with Crippen molar-refractivity contribution in [2.45, 2.75) is 32.2 Å². The van der Waals surface area contributed by atoms with Crippen LogP contribution < -0.4 is 10.2 Å². The molecule has 7 nitrogen and oxygen atoms in total. The van der Waals surface area contributed by atoms with Crippen molar-refractivity contribution in [3.8, 4) is 0 Å². The maximum Gasteiger partial charge on any atom is 0.225 e. The molecule has 7 heteroatoms. The molecule has 2 amide bonds. The lowest BCUT2D eigenvalue weighted by molar-refractivity contribution is -0.138. The van der Waals surface area contributed by atoms with E-state index >= 15 is 0 Å². The Morgan fingerprint density at radius 1 is 1.10 bits per heavy atom. The summed E-state index contributed by atoms with van der Waals surface area (Å²) >= 11 is 0. The smallest absolute Gasteiger partial charge is 0.225 e. The first-order valence-corrected chi connectivity index (χ1v) is 11.4. The fraction of sp³-hybridized carbons (Fsp3) is 0.652. The third kappa shape index (κ3) is 5.52. The number of piperidine rings is 1. The van der Waals surface area contributed by atoms with Gasteiger partial charge < -0.3 is 19.9 Å². The van der Waals surface area contributed by atoms with Crippen LogP contribution >= 0.6 is 0 Å². The Balaban J connectivity index is 1.25. The number of rotatable bonds is 7. The Hall–Kier alpha value is -2.12. The van der Waals surface area contributed by atoms with Crippen molar-refractivity contribution in [2.24, 2.45) is 5.92 Å². The monoisotopic (exact) mass is 414 g/mol. The summed E-state index contributed by atoms with van der Waals surface area (Å²) in [6, 6.07) is 8.47. The molecule has 3 heterocycles. The Morgan fingerprint density at radius 3 is 2.70 bits per heavy atom. The number of benzene rings is 1. The minimum Gasteiger partial charge on any atom is -0.379 e. The van der Waals surface area contributed by atoms with E-state index in [-0.39, 0.29) is 17.7 Å². The second-order valence-electron chi connectivity index (χ2n) is 8.61. The molecule has 0 saturated carbocycles. The highest BCUT2D eigenvalue weighted by Crippen LogP contribution is 2.22. The average Bonchev–Trinajstić information content (AvgIpc) is 3.33. The molecule has 0 radical (unpaired) electrons. The number of ether oxygens (including phenoxy) is 1. The lowest BCUT2D eigenvalue weighted by Crippen LogP contribution is -2.49. The van der Waals surface area contributed by atoms with E-state index in [1.165, 1.54) is 18.5 Å². The fourth-order valence-electron chi connectivity index (χ4n) is 4.60. The molecule has 1 aromatic rings. The number of hydrogen-bond acceptors (Lipinski definition) is 5. The molecule has 4 rings (SSSR count). The molecule has 0 aliphatic carbocycles. The van der Waals surface area contributed by atoms with Crippen LogP contribution in [0.5, 0.6) is 0 Å². The van der Waals surface area contributed by atoms with E-state index < -0.39 is 0 Å². The average molecular weight is 415 g/mol. The van der Waals surface area contributed by atoms with Gasteiger partial charge in [-0.25, -0.2) is 0 Å². The summed E-state index contributed by atoms with van der Waals surface area (Å²) in [5.41, 5.74) is 2.38. The molecule has 30 heavy (non-hydrogen) atoms. The van der Waals surface area contributed by atoms with Gasteiger partial charge in [-0.15, -0.1) is 0 Å². The lowest BCUT2D eigenvalue weighted by Gasteiger charge is -2.34. The molecule has 0 spiro atoms. The van der Waals surface area contributed by atoms with Gasteiger partial charge in [-0.1, -0.05) is 12.1 Å². The van der Waals surface area contributed by atoms with Gasteiger partial charge in [0, 0.05) is 64.5 Å². The Bertz CT molecular complexity index is 729. The van der Waals surface area contributed by atoms with E-state index in [9.17, 15) is 9.59 Å². The summed E-state index contributed by atoms with van der Waals surface area (Å²) in [6.45, 7) is 8.22. The maximum absolute atomic E-state index is 12.8. The predicted octanol–water partition coefficient (Wildman–Crippen LogP) is 1.47. The minimum absolute atomic E-state index is 0.0606. The highest BCUT2D eigenvalue weighted by Gasteiger charge is 2.30. The molecule has 3 saturated heterocycles. The van der Waals surface area contributed by atoms with Crippen molar-refractivity contribution >= 4 is 17.5 Å². The van der Waals surface area contributed by atoms with Gasteiger partial charge >= 0.3 is 0 Å². The highest BCUT2D eigenvalue weighted by atomic mass is 16.5. The van der Waals surface area contributed by atoms with Gasteiger partial charge in [0.1, 0.15) is 0 Å². The lowest BCUT2D eigenvalue weighted by atomic mass is 9.96. The Kier molecular flexibility index (Phi) is 7.23. The first-order chi connectivity index (χ1) is 14.7. The number of carbonyl (C=O) groups is 2. The summed E-state index contributed by atoms with van der Waals surface area (Å²) < 4.78 is 5.38. The van der Waals surface area contributed by atoms with E-state index in [2.05, 4.69) is 39.4 Å². The van der Waals surface area contributed by atoms with E-state index in [1.54, 1.807) is 0 Å². The summed E-state index contributed by atoms with van der Waals surface area (Å²) in [7, 11) is 0. The van der Waals surface area contributed by atoms with Gasteiger partial charge in [-0.2, -0.15) is 0 Å². The molecular weight excluding hydrogens is 380 g/mol. The van der Waals surface area contributed by atoms with E-state index in [0.29, 0.717) is 32.5 Å². The van der Waals surface area contributed by atoms with Crippen molar-refractivity contribution in [2.75, 3.05) is 63.9 Å². The number of morpholine rings is 1.